The molecule has 0 aliphatic heterocycles. The summed E-state index contributed by atoms with van der Waals surface area (Å²) in [5, 5.41) is 5.81. The first kappa shape index (κ1) is 24.1. The number of hydrogen-bond acceptors (Lipinski definition) is 4. The molecule has 0 atom stereocenters. The molecule has 4 rings (SSSR count). The van der Waals surface area contributed by atoms with Gasteiger partial charge in [-0.25, -0.2) is 8.42 Å². The summed E-state index contributed by atoms with van der Waals surface area (Å²) in [5.74, 6) is -0.806. The average molecular weight is 502 g/mol. The molecule has 0 fully saturated rings. The highest BCUT2D eigenvalue weighted by molar-refractivity contribution is 7.92. The van der Waals surface area contributed by atoms with Gasteiger partial charge in [-0.1, -0.05) is 78.9 Å². The second kappa shape index (κ2) is 10.9. The first-order valence-corrected chi connectivity index (χ1v) is 12.7. The molecule has 8 heteroatoms. The van der Waals surface area contributed by atoms with Crippen LogP contribution in [-0.4, -0.2) is 19.4 Å². The van der Waals surface area contributed by atoms with Gasteiger partial charge in [0.05, 0.1) is 10.8 Å². The highest BCUT2D eigenvalue weighted by Crippen LogP contribution is 2.25. The molecular weight excluding hydrogens is 478 g/mol. The fraction of sp³-hybridized carbons (Fsp3) is 0.0370. The molecule has 6 nitrogen and oxygen atoms in total. The number of carbonyl (C=O) groups is 1. The van der Waals surface area contributed by atoms with E-state index in [0.717, 1.165) is 11.1 Å². The summed E-state index contributed by atoms with van der Waals surface area (Å²) in [6.07, 6.45) is 0. The number of rotatable bonds is 7. The Kier molecular flexibility index (Phi) is 7.54. The second-order valence-electron chi connectivity index (χ2n) is 7.69. The van der Waals surface area contributed by atoms with Crippen LogP contribution in [0.1, 0.15) is 17.0 Å². The van der Waals surface area contributed by atoms with E-state index in [4.69, 9.17) is 12.2 Å². The van der Waals surface area contributed by atoms with Gasteiger partial charge >= 0.3 is 0 Å². The molecule has 0 bridgehead atoms. The fourth-order valence-corrected chi connectivity index (χ4v) is 4.85. The molecular formula is C27H23N3O3S2. The van der Waals surface area contributed by atoms with E-state index in [1.54, 1.807) is 36.4 Å². The molecule has 0 aliphatic rings. The summed E-state index contributed by atoms with van der Waals surface area (Å²) < 4.78 is 27.8. The predicted octanol–water partition coefficient (Wildman–Crippen LogP) is 5.13. The molecule has 0 aliphatic carbocycles. The van der Waals surface area contributed by atoms with E-state index in [0.29, 0.717) is 11.4 Å². The van der Waals surface area contributed by atoms with Crippen molar-refractivity contribution in [3.05, 3.63) is 126 Å². The Labute approximate surface area is 210 Å². The number of nitrogens with one attached hydrogen (secondary N) is 3. The number of thiocarbonyl (C=S) groups is 1. The van der Waals surface area contributed by atoms with E-state index in [1.807, 2.05) is 66.7 Å². The third-order valence-corrected chi connectivity index (χ3v) is 6.81. The van der Waals surface area contributed by atoms with Crippen molar-refractivity contribution in [3.8, 4) is 0 Å². The number of para-hydroxylation sites is 1. The van der Waals surface area contributed by atoms with Crippen molar-refractivity contribution in [1.29, 1.82) is 0 Å². The lowest BCUT2D eigenvalue weighted by atomic mass is 9.90. The minimum absolute atomic E-state index is 0.107. The van der Waals surface area contributed by atoms with Crippen molar-refractivity contribution in [3.63, 3.8) is 0 Å². The Morgan fingerprint density at radius 1 is 0.657 bits per heavy atom. The SMILES string of the molecule is O=C(NC(=S)Nc1ccc(S(=O)(=O)Nc2ccccc2)cc1)C(c1ccccc1)c1ccccc1. The van der Waals surface area contributed by atoms with Gasteiger partial charge in [0.25, 0.3) is 10.0 Å². The van der Waals surface area contributed by atoms with Gasteiger partial charge in [-0.3, -0.25) is 9.52 Å². The zero-order chi connectivity index (χ0) is 24.7. The third-order valence-electron chi connectivity index (χ3n) is 5.21. The molecule has 0 saturated heterocycles. The zero-order valence-electron chi connectivity index (χ0n) is 18.6. The molecule has 0 saturated carbocycles. The minimum atomic E-state index is -3.73. The van der Waals surface area contributed by atoms with Gasteiger partial charge in [-0.15, -0.1) is 0 Å². The number of hydrogen-bond donors (Lipinski definition) is 3. The Morgan fingerprint density at radius 3 is 1.66 bits per heavy atom. The molecule has 35 heavy (non-hydrogen) atoms. The van der Waals surface area contributed by atoms with Crippen LogP contribution in [0.15, 0.2) is 120 Å². The molecule has 1 amide bonds. The Morgan fingerprint density at radius 2 is 1.14 bits per heavy atom. The van der Waals surface area contributed by atoms with E-state index >= 15 is 0 Å². The number of anilines is 2. The van der Waals surface area contributed by atoms with E-state index in [2.05, 4.69) is 15.4 Å². The van der Waals surface area contributed by atoms with Gasteiger partial charge in [0.1, 0.15) is 0 Å². The first-order chi connectivity index (χ1) is 16.9. The van der Waals surface area contributed by atoms with Crippen LogP contribution >= 0.6 is 12.2 Å². The summed E-state index contributed by atoms with van der Waals surface area (Å²) >= 11 is 5.35. The molecule has 0 spiro atoms. The van der Waals surface area contributed by atoms with Crippen LogP contribution in [0.5, 0.6) is 0 Å². The number of sulfonamides is 1. The smallest absolute Gasteiger partial charge is 0.261 e. The molecule has 4 aromatic rings. The molecule has 0 radical (unpaired) electrons. The van der Waals surface area contributed by atoms with Crippen molar-refractivity contribution in [1.82, 2.24) is 5.32 Å². The predicted molar refractivity (Wildman–Crippen MR) is 143 cm³/mol. The van der Waals surface area contributed by atoms with Crippen molar-refractivity contribution >= 4 is 44.6 Å². The van der Waals surface area contributed by atoms with Gasteiger partial charge in [-0.2, -0.15) is 0 Å². The van der Waals surface area contributed by atoms with Crippen LogP contribution in [0, 0.1) is 0 Å². The largest absolute Gasteiger partial charge is 0.332 e. The quantitative estimate of drug-likeness (QED) is 0.306. The summed E-state index contributed by atoms with van der Waals surface area (Å²) in [6, 6.07) is 33.7. The standard InChI is InChI=1S/C27H23N3O3S2/c31-26(25(20-10-4-1-5-11-20)21-12-6-2-7-13-21)29-27(34)28-22-16-18-24(19-17-22)35(32,33)30-23-14-8-3-9-15-23/h1-19,25,30H,(H2,28,29,31,34). The minimum Gasteiger partial charge on any atom is -0.332 e. The van der Waals surface area contributed by atoms with Crippen molar-refractivity contribution in [2.24, 2.45) is 0 Å². The molecule has 0 aromatic heterocycles. The van der Waals surface area contributed by atoms with Crippen molar-refractivity contribution < 1.29 is 13.2 Å². The average Bonchev–Trinajstić information content (AvgIpc) is 2.86. The van der Waals surface area contributed by atoms with Gasteiger partial charge in [-0.05, 0) is 59.7 Å². The maximum absolute atomic E-state index is 13.2. The Hall–Kier alpha value is -4.01. The van der Waals surface area contributed by atoms with Crippen LogP contribution in [0.25, 0.3) is 0 Å². The summed E-state index contributed by atoms with van der Waals surface area (Å²) in [5.41, 5.74) is 2.72. The fourth-order valence-electron chi connectivity index (χ4n) is 3.57. The van der Waals surface area contributed by atoms with E-state index in [1.165, 1.54) is 12.1 Å². The van der Waals surface area contributed by atoms with Crippen LogP contribution < -0.4 is 15.4 Å². The monoisotopic (exact) mass is 501 g/mol. The molecule has 176 valence electrons. The van der Waals surface area contributed by atoms with Gasteiger partial charge in [0.15, 0.2) is 5.11 Å². The number of amides is 1. The highest BCUT2D eigenvalue weighted by Gasteiger charge is 2.23. The molecule has 0 heterocycles. The highest BCUT2D eigenvalue weighted by atomic mass is 32.2. The normalized spacial score (nSPS) is 11.0. The summed E-state index contributed by atoms with van der Waals surface area (Å²) in [6.45, 7) is 0. The van der Waals surface area contributed by atoms with Crippen LogP contribution in [0.2, 0.25) is 0 Å². The maximum Gasteiger partial charge on any atom is 0.261 e. The first-order valence-electron chi connectivity index (χ1n) is 10.8. The lowest BCUT2D eigenvalue weighted by Crippen LogP contribution is -2.37. The van der Waals surface area contributed by atoms with E-state index in [9.17, 15) is 13.2 Å². The molecule has 4 aromatic carbocycles. The lowest BCUT2D eigenvalue weighted by Gasteiger charge is -2.18. The lowest BCUT2D eigenvalue weighted by molar-refractivity contribution is -0.120. The molecule has 3 N–H and O–H groups in total. The van der Waals surface area contributed by atoms with Crippen molar-refractivity contribution in [2.75, 3.05) is 10.0 Å². The zero-order valence-corrected chi connectivity index (χ0v) is 20.2. The topological polar surface area (TPSA) is 87.3 Å². The van der Waals surface area contributed by atoms with Gasteiger partial charge in [0.2, 0.25) is 5.91 Å². The molecule has 0 unspecified atom stereocenters. The van der Waals surface area contributed by atoms with Crippen LogP contribution in [0.3, 0.4) is 0 Å². The second-order valence-corrected chi connectivity index (χ2v) is 9.78. The van der Waals surface area contributed by atoms with Crippen molar-refractivity contribution in [2.45, 2.75) is 10.8 Å². The van der Waals surface area contributed by atoms with E-state index in [-0.39, 0.29) is 15.9 Å². The maximum atomic E-state index is 13.2. The third kappa shape index (κ3) is 6.32. The Bertz CT molecular complexity index is 1360. The van der Waals surface area contributed by atoms with Crippen LogP contribution in [-0.2, 0) is 14.8 Å². The number of benzene rings is 4. The summed E-state index contributed by atoms with van der Waals surface area (Å²) in [7, 11) is -3.73. The summed E-state index contributed by atoms with van der Waals surface area (Å²) in [4.78, 5) is 13.3. The van der Waals surface area contributed by atoms with Crippen LogP contribution in [0.4, 0.5) is 11.4 Å². The Balaban J connectivity index is 1.43. The van der Waals surface area contributed by atoms with E-state index < -0.39 is 15.9 Å². The number of carbonyl (C=O) groups excluding carboxylic acids is 1. The van der Waals surface area contributed by atoms with Gasteiger partial charge < -0.3 is 10.6 Å². The van der Waals surface area contributed by atoms with Gasteiger partial charge in [0, 0.05) is 11.4 Å².